The lowest BCUT2D eigenvalue weighted by atomic mass is 9.89. The van der Waals surface area contributed by atoms with Crippen LogP contribution in [-0.4, -0.2) is 92.2 Å². The van der Waals surface area contributed by atoms with Gasteiger partial charge in [0.1, 0.15) is 13.2 Å². The van der Waals surface area contributed by atoms with Crippen LogP contribution >= 0.6 is 0 Å². The molecular weight excluding hydrogens is 680 g/mol. The average molecular weight is 719 g/mol. The lowest BCUT2D eigenvalue weighted by Gasteiger charge is -2.39. The van der Waals surface area contributed by atoms with Crippen LogP contribution in [0.15, 0.2) is 66.7 Å². The Morgan fingerprint density at radius 1 is 0.961 bits per heavy atom. The van der Waals surface area contributed by atoms with Gasteiger partial charge in [-0.25, -0.2) is 4.98 Å². The van der Waals surface area contributed by atoms with Crippen LogP contribution in [0, 0.1) is 0 Å². The van der Waals surface area contributed by atoms with Crippen LogP contribution in [0.25, 0.3) is 11.4 Å². The van der Waals surface area contributed by atoms with E-state index in [4.69, 9.17) is 19.5 Å². The van der Waals surface area contributed by atoms with Crippen LogP contribution in [0.5, 0.6) is 11.6 Å². The number of amides is 1. The van der Waals surface area contributed by atoms with Crippen molar-refractivity contribution in [1.82, 2.24) is 14.8 Å². The highest BCUT2D eigenvalue weighted by Crippen LogP contribution is 2.54. The standard InChI is InChI=1S/C36H38F6N5O4/c1-3-7-26-20-27(34(35(37,38)39,36(40,41)42)51-22-25-8-5-4-6-9-25)10-11-28(26)46-14-16-47(17-15-46)31(48)21-45-23-33(2,43-24-45)30-13-12-29-32(44-30)50-19-18-49-29/h3-13,20H,14-19,21-24H2,1-2H3/q-1. The molecule has 6 rings (SSSR count). The first-order valence-corrected chi connectivity index (χ1v) is 16.5. The Hall–Kier alpha value is -4.34. The van der Waals surface area contributed by atoms with E-state index in [-0.39, 0.29) is 23.6 Å². The molecule has 2 fully saturated rings. The number of carbonyl (C=O) groups excluding carboxylic acids is 1. The minimum absolute atomic E-state index is 0.107. The molecular formula is C36H38F6N5O4-. The number of fused-ring (bicyclic) bond motifs is 1. The van der Waals surface area contributed by atoms with Crippen LogP contribution in [-0.2, 0) is 27.3 Å². The van der Waals surface area contributed by atoms with Gasteiger partial charge in [0, 0.05) is 43.1 Å². The number of halogens is 6. The lowest BCUT2D eigenvalue weighted by Crippen LogP contribution is -2.56. The van der Waals surface area contributed by atoms with Crippen LogP contribution in [0.2, 0.25) is 0 Å². The number of anilines is 1. The molecule has 0 aliphatic carbocycles. The summed E-state index contributed by atoms with van der Waals surface area (Å²) < 4.78 is 103. The van der Waals surface area contributed by atoms with E-state index in [9.17, 15) is 31.1 Å². The molecule has 0 radical (unpaired) electrons. The molecule has 274 valence electrons. The summed E-state index contributed by atoms with van der Waals surface area (Å²) in [4.78, 5) is 23.4. The summed E-state index contributed by atoms with van der Waals surface area (Å²) in [6, 6.07) is 14.0. The molecule has 0 saturated carbocycles. The molecule has 15 heteroatoms. The zero-order valence-electron chi connectivity index (χ0n) is 28.1. The maximum Gasteiger partial charge on any atom is 0.430 e. The van der Waals surface area contributed by atoms with Gasteiger partial charge in [0.05, 0.1) is 13.2 Å². The van der Waals surface area contributed by atoms with Crippen molar-refractivity contribution in [3.8, 4) is 11.6 Å². The highest BCUT2D eigenvalue weighted by atomic mass is 19.4. The minimum atomic E-state index is -5.82. The van der Waals surface area contributed by atoms with Crippen molar-refractivity contribution in [3.05, 3.63) is 94.4 Å². The number of carbonyl (C=O) groups is 1. The van der Waals surface area contributed by atoms with Crippen molar-refractivity contribution in [1.29, 1.82) is 0 Å². The number of pyridine rings is 1. The molecule has 0 N–H and O–H groups in total. The molecule has 3 aromatic rings. The number of piperazine rings is 1. The highest BCUT2D eigenvalue weighted by molar-refractivity contribution is 5.79. The smallest absolute Gasteiger partial charge is 0.430 e. The second-order valence-corrected chi connectivity index (χ2v) is 12.8. The molecule has 1 atom stereocenters. The Kier molecular flexibility index (Phi) is 10.3. The number of nitrogens with zero attached hydrogens (tertiary/aromatic N) is 5. The third-order valence-corrected chi connectivity index (χ3v) is 9.32. The van der Waals surface area contributed by atoms with Crippen molar-refractivity contribution >= 4 is 17.7 Å². The molecule has 1 unspecified atom stereocenters. The van der Waals surface area contributed by atoms with Gasteiger partial charge in [-0.15, -0.1) is 0 Å². The Balaban J connectivity index is 1.13. The molecule has 1 amide bonds. The van der Waals surface area contributed by atoms with Gasteiger partial charge in [-0.05, 0) is 48.9 Å². The number of alkyl halides is 6. The van der Waals surface area contributed by atoms with E-state index in [0.717, 1.165) is 12.1 Å². The van der Waals surface area contributed by atoms with Crippen LogP contribution in [0.1, 0.15) is 36.2 Å². The SMILES string of the molecule is CC=Cc1cc(C(OCc2ccccc2)(C(F)(F)F)C(F)(F)F)ccc1N1CCN(C(=O)CN2C[N-]C(C)(c3ccc4c(n3)OCCO4)C2)CC1. The number of aromatic nitrogens is 1. The van der Waals surface area contributed by atoms with Gasteiger partial charge in [-0.1, -0.05) is 67.7 Å². The van der Waals surface area contributed by atoms with Crippen molar-refractivity contribution in [2.75, 3.05) is 64.1 Å². The topological polar surface area (TPSA) is 81.5 Å². The fraction of sp³-hybridized carbons (Fsp3) is 0.444. The average Bonchev–Trinajstić information content (AvgIpc) is 3.49. The summed E-state index contributed by atoms with van der Waals surface area (Å²) in [7, 11) is 0. The number of allylic oxidation sites excluding steroid dienone is 1. The molecule has 3 aliphatic rings. The van der Waals surface area contributed by atoms with Crippen molar-refractivity contribution in [2.24, 2.45) is 0 Å². The molecule has 1 aromatic heterocycles. The Labute approximate surface area is 291 Å². The second kappa shape index (κ2) is 14.4. The molecule has 4 heterocycles. The third kappa shape index (κ3) is 7.37. The van der Waals surface area contributed by atoms with E-state index in [1.54, 1.807) is 24.0 Å². The summed E-state index contributed by atoms with van der Waals surface area (Å²) in [5, 5.41) is 4.76. The molecule has 0 spiro atoms. The van der Waals surface area contributed by atoms with E-state index in [1.165, 1.54) is 36.4 Å². The largest absolute Gasteiger partial charge is 0.638 e. The van der Waals surface area contributed by atoms with E-state index in [1.807, 2.05) is 28.9 Å². The fourth-order valence-electron chi connectivity index (χ4n) is 6.65. The van der Waals surface area contributed by atoms with Crippen molar-refractivity contribution in [2.45, 2.75) is 43.9 Å². The van der Waals surface area contributed by atoms with Gasteiger partial charge in [0.15, 0.2) is 5.75 Å². The monoisotopic (exact) mass is 718 g/mol. The number of rotatable bonds is 9. The maximum atomic E-state index is 14.6. The van der Waals surface area contributed by atoms with Crippen LogP contribution < -0.4 is 14.4 Å². The second-order valence-electron chi connectivity index (χ2n) is 12.8. The number of benzene rings is 2. The Morgan fingerprint density at radius 3 is 2.35 bits per heavy atom. The molecule has 2 aromatic carbocycles. The predicted molar refractivity (Wildman–Crippen MR) is 177 cm³/mol. The van der Waals surface area contributed by atoms with Gasteiger partial charge in [-0.3, -0.25) is 4.79 Å². The summed E-state index contributed by atoms with van der Waals surface area (Å²) in [5.74, 6) is 0.894. The fourth-order valence-corrected chi connectivity index (χ4v) is 6.65. The van der Waals surface area contributed by atoms with Gasteiger partial charge in [-0.2, -0.15) is 26.3 Å². The first kappa shape index (κ1) is 36.5. The van der Waals surface area contributed by atoms with E-state index in [2.05, 4.69) is 4.98 Å². The normalized spacial score (nSPS) is 20.3. The summed E-state index contributed by atoms with van der Waals surface area (Å²) >= 11 is 0. The maximum absolute atomic E-state index is 14.6. The summed E-state index contributed by atoms with van der Waals surface area (Å²) in [6.07, 6.45) is -8.62. The van der Waals surface area contributed by atoms with Crippen LogP contribution in [0.4, 0.5) is 32.0 Å². The molecule has 3 aliphatic heterocycles. The summed E-state index contributed by atoms with van der Waals surface area (Å²) in [5.41, 5.74) is -4.79. The predicted octanol–water partition coefficient (Wildman–Crippen LogP) is 6.63. The summed E-state index contributed by atoms with van der Waals surface area (Å²) in [6.45, 7) is 5.75. The van der Waals surface area contributed by atoms with Crippen LogP contribution in [0.3, 0.4) is 0 Å². The third-order valence-electron chi connectivity index (χ3n) is 9.32. The minimum Gasteiger partial charge on any atom is -0.638 e. The number of hydrogen-bond acceptors (Lipinski definition) is 7. The van der Waals surface area contributed by atoms with Crippen molar-refractivity contribution < 1.29 is 45.3 Å². The highest BCUT2D eigenvalue weighted by Gasteiger charge is 2.73. The van der Waals surface area contributed by atoms with Gasteiger partial charge in [0.25, 0.3) is 11.5 Å². The Morgan fingerprint density at radius 2 is 1.67 bits per heavy atom. The van der Waals surface area contributed by atoms with E-state index < -0.39 is 35.7 Å². The quantitative estimate of drug-likeness (QED) is 0.230. The lowest BCUT2D eigenvalue weighted by molar-refractivity contribution is -0.392. The van der Waals surface area contributed by atoms with Crippen molar-refractivity contribution in [3.63, 3.8) is 0 Å². The van der Waals surface area contributed by atoms with Gasteiger partial charge < -0.3 is 34.2 Å². The first-order chi connectivity index (χ1) is 24.2. The van der Waals surface area contributed by atoms with E-state index in [0.29, 0.717) is 75.6 Å². The Bertz CT molecular complexity index is 1720. The molecule has 51 heavy (non-hydrogen) atoms. The van der Waals surface area contributed by atoms with E-state index >= 15 is 0 Å². The number of hydrogen-bond donors (Lipinski definition) is 0. The molecule has 0 bridgehead atoms. The molecule has 9 nitrogen and oxygen atoms in total. The van der Waals surface area contributed by atoms with Gasteiger partial charge >= 0.3 is 12.4 Å². The van der Waals surface area contributed by atoms with Gasteiger partial charge in [0.2, 0.25) is 5.91 Å². The zero-order valence-corrected chi connectivity index (χ0v) is 28.1. The first-order valence-electron chi connectivity index (χ1n) is 16.5. The zero-order chi connectivity index (χ0) is 36.4. The molecule has 2 saturated heterocycles. The number of ether oxygens (including phenoxy) is 3.